The Hall–Kier alpha value is -2.85. The Balaban J connectivity index is 1.95. The second-order valence-corrected chi connectivity index (χ2v) is 10.8. The van der Waals surface area contributed by atoms with E-state index in [2.05, 4.69) is 5.16 Å². The first-order chi connectivity index (χ1) is 18.2. The highest BCUT2D eigenvalue weighted by molar-refractivity contribution is 7.51. The lowest BCUT2D eigenvalue weighted by molar-refractivity contribution is -0.137. The van der Waals surface area contributed by atoms with Gasteiger partial charge in [0.1, 0.15) is 17.1 Å². The molecular formula is C25H32ClN2O9P. The number of piperidine rings is 1. The number of allylic oxidation sites excluding steroid dienone is 3. The minimum Gasteiger partial charge on any atom is -0.506 e. The molecule has 3 rings (SSSR count). The molecule has 0 spiro atoms. The van der Waals surface area contributed by atoms with Crippen LogP contribution < -0.4 is 4.74 Å². The number of carbonyl (C=O) groups is 2. The van der Waals surface area contributed by atoms with Crippen LogP contribution in [0.15, 0.2) is 35.5 Å². The van der Waals surface area contributed by atoms with E-state index < -0.39 is 25.7 Å². The molecule has 3 N–H and O–H groups in total. The first-order valence-corrected chi connectivity index (χ1v) is 14.5. The van der Waals surface area contributed by atoms with E-state index in [0.29, 0.717) is 31.6 Å². The van der Waals surface area contributed by atoms with E-state index in [0.717, 1.165) is 31.7 Å². The van der Waals surface area contributed by atoms with Crippen molar-refractivity contribution in [2.45, 2.75) is 44.9 Å². The molecule has 1 aromatic carbocycles. The standard InChI is InChI=1S/C25H32ClN2O9P/c26-24-19-14-18(27-37-16-22(30)28-11-7-5-8-12-28)10-6-3-1-2-4-9-13-35-25(31)23(19)21(15-20(24)29)36-17-38(32,33)34/h2,4,6,10,15,29H,1,3,5,7-9,11-14,16-17H2,(H2,32,33,34)/b4-2+,10-6+,27-18?. The topological polar surface area (TPSA) is 155 Å². The number of phenols is 1. The fourth-order valence-corrected chi connectivity index (χ4v) is 4.50. The van der Waals surface area contributed by atoms with Gasteiger partial charge >= 0.3 is 13.6 Å². The number of nitrogens with zero attached hydrogens (tertiary/aromatic N) is 2. The Kier molecular flexibility index (Phi) is 11.2. The Labute approximate surface area is 225 Å². The van der Waals surface area contributed by atoms with Crippen molar-refractivity contribution in [1.29, 1.82) is 0 Å². The third kappa shape index (κ3) is 9.16. The molecule has 0 saturated carbocycles. The predicted molar refractivity (Wildman–Crippen MR) is 141 cm³/mol. The maximum Gasteiger partial charge on any atom is 0.362 e. The highest BCUT2D eigenvalue weighted by Crippen LogP contribution is 2.41. The molecule has 2 heterocycles. The summed E-state index contributed by atoms with van der Waals surface area (Å²) in [5, 5.41) is 14.3. The van der Waals surface area contributed by atoms with Gasteiger partial charge in [-0.3, -0.25) is 9.36 Å². The molecule has 0 atom stereocenters. The van der Waals surface area contributed by atoms with Crippen LogP contribution in [0.3, 0.4) is 0 Å². The number of phenolic OH excluding ortho intramolecular Hbond substituents is 1. The maximum atomic E-state index is 13.1. The molecule has 0 unspecified atom stereocenters. The number of halogens is 1. The van der Waals surface area contributed by atoms with Crippen molar-refractivity contribution in [2.24, 2.45) is 5.16 Å². The first kappa shape index (κ1) is 29.7. The van der Waals surface area contributed by atoms with Gasteiger partial charge in [0.2, 0.25) is 0 Å². The van der Waals surface area contributed by atoms with Crippen LogP contribution >= 0.6 is 19.2 Å². The van der Waals surface area contributed by atoms with Crippen molar-refractivity contribution in [3.63, 3.8) is 0 Å². The van der Waals surface area contributed by atoms with E-state index in [-0.39, 0.29) is 47.4 Å². The molecule has 1 saturated heterocycles. The van der Waals surface area contributed by atoms with Crippen LogP contribution in [-0.2, 0) is 25.4 Å². The van der Waals surface area contributed by atoms with Gasteiger partial charge < -0.3 is 34.1 Å². The summed E-state index contributed by atoms with van der Waals surface area (Å²) in [6.07, 6.45) is 11.0. The molecule has 0 radical (unpaired) electrons. The Morgan fingerprint density at radius 1 is 1.13 bits per heavy atom. The molecule has 2 aliphatic heterocycles. The number of oxime groups is 1. The van der Waals surface area contributed by atoms with Gasteiger partial charge in [-0.05, 0) is 50.2 Å². The number of benzene rings is 1. The highest BCUT2D eigenvalue weighted by atomic mass is 35.5. The summed E-state index contributed by atoms with van der Waals surface area (Å²) < 4.78 is 22.0. The fourth-order valence-electron chi connectivity index (χ4n) is 3.98. The minimum absolute atomic E-state index is 0.0453. The lowest BCUT2D eigenvalue weighted by atomic mass is 9.99. The summed E-state index contributed by atoms with van der Waals surface area (Å²) in [4.78, 5) is 51.1. The van der Waals surface area contributed by atoms with Crippen LogP contribution in [0.25, 0.3) is 0 Å². The van der Waals surface area contributed by atoms with Gasteiger partial charge in [0.15, 0.2) is 13.0 Å². The molecular weight excluding hydrogens is 539 g/mol. The van der Waals surface area contributed by atoms with Gasteiger partial charge in [0.25, 0.3) is 5.91 Å². The molecule has 1 amide bonds. The van der Waals surface area contributed by atoms with E-state index in [1.165, 1.54) is 0 Å². The summed E-state index contributed by atoms with van der Waals surface area (Å²) in [7, 11) is -4.61. The van der Waals surface area contributed by atoms with E-state index in [4.69, 9.17) is 25.9 Å². The van der Waals surface area contributed by atoms with Crippen molar-refractivity contribution in [1.82, 2.24) is 4.90 Å². The smallest absolute Gasteiger partial charge is 0.362 e. The number of cyclic esters (lactones) is 1. The average molecular weight is 571 g/mol. The van der Waals surface area contributed by atoms with Crippen molar-refractivity contribution in [3.05, 3.63) is 46.5 Å². The van der Waals surface area contributed by atoms with Crippen LogP contribution in [-0.4, -0.2) is 70.0 Å². The minimum atomic E-state index is -4.61. The third-order valence-corrected chi connectivity index (χ3v) is 6.72. The summed E-state index contributed by atoms with van der Waals surface area (Å²) in [5.41, 5.74) is 0.159. The third-order valence-electron chi connectivity index (χ3n) is 5.83. The number of esters is 1. The van der Waals surface area contributed by atoms with Crippen LogP contribution in [0.2, 0.25) is 5.02 Å². The van der Waals surface area contributed by atoms with Gasteiger partial charge in [0, 0.05) is 25.6 Å². The summed E-state index contributed by atoms with van der Waals surface area (Å²) in [5.74, 6) is -1.80. The number of hydrogen-bond acceptors (Lipinski definition) is 8. The van der Waals surface area contributed by atoms with Crippen molar-refractivity contribution in [2.75, 3.05) is 32.7 Å². The zero-order chi connectivity index (χ0) is 27.5. The fraction of sp³-hybridized carbons (Fsp3) is 0.480. The predicted octanol–water partition coefficient (Wildman–Crippen LogP) is 3.94. The van der Waals surface area contributed by atoms with E-state index in [1.54, 1.807) is 11.0 Å². The van der Waals surface area contributed by atoms with E-state index in [9.17, 15) is 29.0 Å². The number of fused-ring (bicyclic) bond motifs is 1. The van der Waals surface area contributed by atoms with Gasteiger partial charge in [-0.1, -0.05) is 35.0 Å². The molecule has 208 valence electrons. The van der Waals surface area contributed by atoms with Gasteiger partial charge in [0.05, 0.1) is 17.3 Å². The molecule has 0 bridgehead atoms. The number of carbonyl (C=O) groups excluding carboxylic acids is 2. The largest absolute Gasteiger partial charge is 0.506 e. The maximum absolute atomic E-state index is 13.1. The second-order valence-electron chi connectivity index (χ2n) is 8.85. The number of hydrogen-bond donors (Lipinski definition) is 3. The summed E-state index contributed by atoms with van der Waals surface area (Å²) >= 11 is 6.38. The van der Waals surface area contributed by atoms with Crippen molar-refractivity contribution in [3.8, 4) is 11.5 Å². The van der Waals surface area contributed by atoms with Gasteiger partial charge in [-0.15, -0.1) is 0 Å². The Bertz CT molecular complexity index is 1140. The lowest BCUT2D eigenvalue weighted by Crippen LogP contribution is -2.37. The SMILES string of the molecule is O=C1OCC/C=C/CC/C=C/C(=NOCC(=O)N2CCCCC2)Cc2c(Cl)c(O)cc(OCP(=O)(O)O)c21. The molecule has 0 aliphatic carbocycles. The lowest BCUT2D eigenvalue weighted by Gasteiger charge is -2.26. The molecule has 13 heteroatoms. The Morgan fingerprint density at radius 2 is 1.84 bits per heavy atom. The number of aromatic hydroxyl groups is 1. The molecule has 38 heavy (non-hydrogen) atoms. The zero-order valence-corrected chi connectivity index (χ0v) is 22.5. The van der Waals surface area contributed by atoms with Crippen LogP contribution in [0, 0.1) is 0 Å². The highest BCUT2D eigenvalue weighted by Gasteiger charge is 2.27. The van der Waals surface area contributed by atoms with Crippen molar-refractivity contribution >= 4 is 36.8 Å². The van der Waals surface area contributed by atoms with E-state index >= 15 is 0 Å². The second kappa shape index (κ2) is 14.3. The number of ether oxygens (including phenoxy) is 2. The number of likely N-dealkylation sites (tertiary alicyclic amines) is 1. The monoisotopic (exact) mass is 570 g/mol. The van der Waals surface area contributed by atoms with Crippen LogP contribution in [0.5, 0.6) is 11.5 Å². The normalized spacial score (nSPS) is 20.1. The number of amides is 1. The average Bonchev–Trinajstić information content (AvgIpc) is 2.88. The zero-order valence-electron chi connectivity index (χ0n) is 20.9. The van der Waals surface area contributed by atoms with Gasteiger partial charge in [-0.25, -0.2) is 4.79 Å². The number of rotatable bonds is 6. The summed E-state index contributed by atoms with van der Waals surface area (Å²) in [6.45, 7) is 1.13. The van der Waals surface area contributed by atoms with Crippen LogP contribution in [0.1, 0.15) is 54.4 Å². The van der Waals surface area contributed by atoms with E-state index in [1.807, 2.05) is 18.2 Å². The molecule has 0 aromatic heterocycles. The molecule has 1 fully saturated rings. The Morgan fingerprint density at radius 3 is 2.58 bits per heavy atom. The molecule has 1 aromatic rings. The quantitative estimate of drug-likeness (QED) is 0.199. The molecule has 2 aliphatic rings. The summed E-state index contributed by atoms with van der Waals surface area (Å²) in [6, 6.07) is 1.00. The van der Waals surface area contributed by atoms with Crippen LogP contribution in [0.4, 0.5) is 0 Å². The van der Waals surface area contributed by atoms with Crippen molar-refractivity contribution < 1.29 is 43.4 Å². The van der Waals surface area contributed by atoms with Gasteiger partial charge in [-0.2, -0.15) is 0 Å². The first-order valence-electron chi connectivity index (χ1n) is 12.3. The molecule has 11 nitrogen and oxygen atoms in total.